The number of hydrogen-bond donors (Lipinski definition) is 2. The highest BCUT2D eigenvalue weighted by Crippen LogP contribution is 2.18. The van der Waals surface area contributed by atoms with Crippen LogP contribution < -0.4 is 15.6 Å². The second-order valence-electron chi connectivity index (χ2n) is 6.69. The lowest BCUT2D eigenvalue weighted by Gasteiger charge is -2.10. The lowest BCUT2D eigenvalue weighted by Crippen LogP contribution is -2.27. The number of fused-ring (bicyclic) bond motifs is 1. The van der Waals surface area contributed by atoms with Gasteiger partial charge in [-0.2, -0.15) is 0 Å². The van der Waals surface area contributed by atoms with Gasteiger partial charge in [-0.05, 0) is 48.4 Å². The summed E-state index contributed by atoms with van der Waals surface area (Å²) in [4.78, 5) is 28.1. The average Bonchev–Trinajstić information content (AvgIpc) is 3.17. The van der Waals surface area contributed by atoms with Gasteiger partial charge in [-0.15, -0.1) is 0 Å². The summed E-state index contributed by atoms with van der Waals surface area (Å²) in [5.74, 6) is 0.486. The highest BCUT2D eigenvalue weighted by molar-refractivity contribution is 5.94. The van der Waals surface area contributed by atoms with Crippen molar-refractivity contribution in [1.29, 1.82) is 0 Å². The fourth-order valence-electron chi connectivity index (χ4n) is 3.32. The zero-order chi connectivity index (χ0) is 20.2. The molecular formula is C23H21N3O3. The monoisotopic (exact) mass is 387 g/mol. The van der Waals surface area contributed by atoms with E-state index in [0.717, 1.165) is 16.5 Å². The Bertz CT molecular complexity index is 1210. The van der Waals surface area contributed by atoms with Crippen molar-refractivity contribution in [3.8, 4) is 11.4 Å². The summed E-state index contributed by atoms with van der Waals surface area (Å²) in [5.41, 5.74) is 3.14. The lowest BCUT2D eigenvalue weighted by molar-refractivity contribution is 0.0953. The van der Waals surface area contributed by atoms with E-state index in [0.29, 0.717) is 30.0 Å². The van der Waals surface area contributed by atoms with Gasteiger partial charge in [0.15, 0.2) is 0 Å². The number of pyridine rings is 1. The van der Waals surface area contributed by atoms with Crippen LogP contribution in [0, 0.1) is 0 Å². The average molecular weight is 387 g/mol. The van der Waals surface area contributed by atoms with Gasteiger partial charge in [-0.25, -0.2) is 0 Å². The van der Waals surface area contributed by atoms with Crippen molar-refractivity contribution < 1.29 is 9.53 Å². The molecule has 4 rings (SSSR count). The Morgan fingerprint density at radius 1 is 1.07 bits per heavy atom. The molecule has 4 aromatic rings. The van der Waals surface area contributed by atoms with E-state index in [1.807, 2.05) is 24.4 Å². The Balaban J connectivity index is 1.46. The number of aromatic amines is 1. The molecule has 146 valence electrons. The van der Waals surface area contributed by atoms with Gasteiger partial charge < -0.3 is 15.0 Å². The van der Waals surface area contributed by atoms with E-state index >= 15 is 0 Å². The van der Waals surface area contributed by atoms with Gasteiger partial charge in [0, 0.05) is 41.6 Å². The quantitative estimate of drug-likeness (QED) is 0.533. The van der Waals surface area contributed by atoms with Crippen molar-refractivity contribution in [3.63, 3.8) is 0 Å². The maximum atomic E-state index is 12.6. The number of hydrogen-bond acceptors (Lipinski definition) is 3. The molecule has 0 spiro atoms. The number of carbonyl (C=O) groups is 1. The molecule has 0 radical (unpaired) electrons. The van der Waals surface area contributed by atoms with E-state index in [-0.39, 0.29) is 11.5 Å². The minimum atomic E-state index is -0.216. The molecule has 6 heteroatoms. The largest absolute Gasteiger partial charge is 0.497 e. The van der Waals surface area contributed by atoms with E-state index in [2.05, 4.69) is 16.4 Å². The van der Waals surface area contributed by atoms with Crippen LogP contribution >= 0.6 is 0 Å². The zero-order valence-electron chi connectivity index (χ0n) is 16.0. The van der Waals surface area contributed by atoms with Crippen molar-refractivity contribution in [1.82, 2.24) is 14.9 Å². The highest BCUT2D eigenvalue weighted by atomic mass is 16.5. The Labute approximate surface area is 167 Å². The number of carbonyl (C=O) groups excluding carboxylic acids is 1. The van der Waals surface area contributed by atoms with Gasteiger partial charge in [-0.1, -0.05) is 18.2 Å². The Kier molecular flexibility index (Phi) is 5.16. The SMILES string of the molecule is COc1ccc(-n2cc(C(=O)NCCc3c[nH]c4ccccc34)ccc2=O)cc1. The van der Waals surface area contributed by atoms with Crippen LogP contribution in [0.4, 0.5) is 0 Å². The van der Waals surface area contributed by atoms with Crippen molar-refractivity contribution in [3.05, 3.63) is 94.5 Å². The predicted octanol–water partition coefficient (Wildman–Crippen LogP) is 3.30. The first-order valence-electron chi connectivity index (χ1n) is 9.36. The standard InChI is InChI=1S/C23H21N3O3/c1-29-19-9-7-18(8-10-19)26-15-17(6-11-22(26)27)23(28)24-13-12-16-14-25-21-5-3-2-4-20(16)21/h2-11,14-15,25H,12-13H2,1H3,(H,24,28). The number of nitrogens with zero attached hydrogens (tertiary/aromatic N) is 1. The van der Waals surface area contributed by atoms with E-state index in [4.69, 9.17) is 4.74 Å². The van der Waals surface area contributed by atoms with Crippen molar-refractivity contribution in [2.24, 2.45) is 0 Å². The van der Waals surface area contributed by atoms with E-state index in [9.17, 15) is 9.59 Å². The first kappa shape index (κ1) is 18.6. The minimum Gasteiger partial charge on any atom is -0.497 e. The Morgan fingerprint density at radius 3 is 2.66 bits per heavy atom. The third-order valence-electron chi connectivity index (χ3n) is 4.88. The van der Waals surface area contributed by atoms with Gasteiger partial charge in [0.05, 0.1) is 12.7 Å². The topological polar surface area (TPSA) is 76.1 Å². The van der Waals surface area contributed by atoms with Crippen LogP contribution in [0.3, 0.4) is 0 Å². The molecule has 0 saturated carbocycles. The molecule has 0 aliphatic rings. The summed E-state index contributed by atoms with van der Waals surface area (Å²) in [6.07, 6.45) is 4.25. The number of amides is 1. The fourth-order valence-corrected chi connectivity index (χ4v) is 3.32. The smallest absolute Gasteiger partial charge is 0.255 e. The van der Waals surface area contributed by atoms with Crippen molar-refractivity contribution >= 4 is 16.8 Å². The predicted molar refractivity (Wildman–Crippen MR) is 113 cm³/mol. The van der Waals surface area contributed by atoms with Crippen LogP contribution in [0.5, 0.6) is 5.75 Å². The van der Waals surface area contributed by atoms with Crippen LogP contribution in [0.1, 0.15) is 15.9 Å². The number of aromatic nitrogens is 2. The molecule has 6 nitrogen and oxygen atoms in total. The number of para-hydroxylation sites is 1. The second-order valence-corrected chi connectivity index (χ2v) is 6.69. The number of rotatable bonds is 6. The number of H-pyrrole nitrogens is 1. The molecule has 0 bridgehead atoms. The molecule has 29 heavy (non-hydrogen) atoms. The molecular weight excluding hydrogens is 366 g/mol. The van der Waals surface area contributed by atoms with Crippen molar-refractivity contribution in [2.75, 3.05) is 13.7 Å². The molecule has 0 fully saturated rings. The Morgan fingerprint density at radius 2 is 1.86 bits per heavy atom. The molecule has 2 aromatic heterocycles. The molecule has 0 unspecified atom stereocenters. The molecule has 2 N–H and O–H groups in total. The molecule has 0 atom stereocenters. The highest BCUT2D eigenvalue weighted by Gasteiger charge is 2.09. The lowest BCUT2D eigenvalue weighted by atomic mass is 10.1. The molecule has 2 aromatic carbocycles. The van der Waals surface area contributed by atoms with E-state index < -0.39 is 0 Å². The van der Waals surface area contributed by atoms with Crippen molar-refractivity contribution in [2.45, 2.75) is 6.42 Å². The van der Waals surface area contributed by atoms with Gasteiger partial charge in [-0.3, -0.25) is 14.2 Å². The molecule has 0 aliphatic carbocycles. The summed E-state index contributed by atoms with van der Waals surface area (Å²) >= 11 is 0. The van der Waals surface area contributed by atoms with Gasteiger partial charge in [0.1, 0.15) is 5.75 Å². The normalized spacial score (nSPS) is 10.8. The van der Waals surface area contributed by atoms with E-state index in [1.165, 1.54) is 10.6 Å². The maximum Gasteiger partial charge on any atom is 0.255 e. The molecule has 0 saturated heterocycles. The minimum absolute atomic E-state index is 0.203. The van der Waals surface area contributed by atoms with Crippen LogP contribution in [0.2, 0.25) is 0 Å². The molecule has 0 aliphatic heterocycles. The number of benzene rings is 2. The van der Waals surface area contributed by atoms with Crippen LogP contribution in [0.25, 0.3) is 16.6 Å². The molecule has 1 amide bonds. The van der Waals surface area contributed by atoms with E-state index in [1.54, 1.807) is 43.6 Å². The summed E-state index contributed by atoms with van der Waals surface area (Å²) in [6, 6.07) is 18.1. The number of ether oxygens (including phenoxy) is 1. The second kappa shape index (κ2) is 8.06. The fraction of sp³-hybridized carbons (Fsp3) is 0.130. The summed E-state index contributed by atoms with van der Waals surface area (Å²) in [6.45, 7) is 0.502. The van der Waals surface area contributed by atoms with Gasteiger partial charge in [0.25, 0.3) is 11.5 Å². The third kappa shape index (κ3) is 3.91. The zero-order valence-corrected chi connectivity index (χ0v) is 16.0. The first-order valence-corrected chi connectivity index (χ1v) is 9.36. The van der Waals surface area contributed by atoms with Crippen LogP contribution in [0.15, 0.2) is 77.9 Å². The van der Waals surface area contributed by atoms with Crippen LogP contribution in [-0.2, 0) is 6.42 Å². The first-order chi connectivity index (χ1) is 14.2. The maximum absolute atomic E-state index is 12.6. The van der Waals surface area contributed by atoms with Gasteiger partial charge >= 0.3 is 0 Å². The van der Waals surface area contributed by atoms with Gasteiger partial charge in [0.2, 0.25) is 0 Å². The summed E-state index contributed by atoms with van der Waals surface area (Å²) in [7, 11) is 1.59. The summed E-state index contributed by atoms with van der Waals surface area (Å²) in [5, 5.41) is 4.09. The third-order valence-corrected chi connectivity index (χ3v) is 4.88. The van der Waals surface area contributed by atoms with Crippen LogP contribution in [-0.4, -0.2) is 29.1 Å². The number of methoxy groups -OCH3 is 1. The summed E-state index contributed by atoms with van der Waals surface area (Å²) < 4.78 is 6.60. The Hall–Kier alpha value is -3.80. The molecule has 2 heterocycles. The number of nitrogens with one attached hydrogen (secondary N) is 2.